The van der Waals surface area contributed by atoms with Gasteiger partial charge in [-0.3, -0.25) is 0 Å². The lowest BCUT2D eigenvalue weighted by atomic mass is 9.80. The molecular weight excluding hydrogens is 208 g/mol. The van der Waals surface area contributed by atoms with Gasteiger partial charge in [0.1, 0.15) is 0 Å². The zero-order valence-electron chi connectivity index (χ0n) is 11.0. The quantitative estimate of drug-likeness (QED) is 0.796. The van der Waals surface area contributed by atoms with Crippen molar-refractivity contribution in [2.24, 2.45) is 5.92 Å². The van der Waals surface area contributed by atoms with E-state index in [1.165, 1.54) is 24.8 Å². The normalized spacial score (nSPS) is 19.7. The number of benzene rings is 1. The minimum atomic E-state index is -0.291. The summed E-state index contributed by atoms with van der Waals surface area (Å²) in [4.78, 5) is 0. The van der Waals surface area contributed by atoms with Gasteiger partial charge in [-0.05, 0) is 42.2 Å². The van der Waals surface area contributed by atoms with Crippen molar-refractivity contribution in [1.82, 2.24) is 0 Å². The highest BCUT2D eigenvalue weighted by molar-refractivity contribution is 5.27. The van der Waals surface area contributed by atoms with Gasteiger partial charge in [-0.25, -0.2) is 0 Å². The van der Waals surface area contributed by atoms with Crippen LogP contribution in [0.3, 0.4) is 0 Å². The predicted octanol–water partition coefficient (Wildman–Crippen LogP) is 4.42. The lowest BCUT2D eigenvalue weighted by molar-refractivity contribution is 0.146. The van der Waals surface area contributed by atoms with Crippen LogP contribution in [-0.4, -0.2) is 5.11 Å². The highest BCUT2D eigenvalue weighted by Crippen LogP contribution is 2.36. The molecular formula is C16H24O. The molecule has 2 atom stereocenters. The fourth-order valence-corrected chi connectivity index (χ4v) is 2.42. The smallest absolute Gasteiger partial charge is 0.0792 e. The molecule has 1 nitrogen and oxygen atoms in total. The molecule has 2 rings (SSSR count). The fraction of sp³-hybridized carbons (Fsp3) is 0.625. The first kappa shape index (κ1) is 12.6. The summed E-state index contributed by atoms with van der Waals surface area (Å²) in [7, 11) is 0. The van der Waals surface area contributed by atoms with E-state index in [1.54, 1.807) is 0 Å². The maximum atomic E-state index is 10.1. The van der Waals surface area contributed by atoms with Crippen molar-refractivity contribution in [2.75, 3.05) is 0 Å². The van der Waals surface area contributed by atoms with Crippen molar-refractivity contribution >= 4 is 0 Å². The maximum Gasteiger partial charge on any atom is 0.0792 e. The third kappa shape index (κ3) is 3.10. The van der Waals surface area contributed by atoms with Gasteiger partial charge in [0.05, 0.1) is 6.10 Å². The first-order valence-electron chi connectivity index (χ1n) is 6.98. The maximum absolute atomic E-state index is 10.1. The van der Waals surface area contributed by atoms with Crippen LogP contribution in [-0.2, 0) is 0 Å². The Morgan fingerprint density at radius 2 is 1.88 bits per heavy atom. The lowest BCUT2D eigenvalue weighted by Crippen LogP contribution is -2.09. The van der Waals surface area contributed by atoms with Gasteiger partial charge in [0.25, 0.3) is 0 Å². The van der Waals surface area contributed by atoms with E-state index in [0.29, 0.717) is 5.92 Å². The summed E-state index contributed by atoms with van der Waals surface area (Å²) >= 11 is 0. The average molecular weight is 232 g/mol. The molecule has 0 saturated heterocycles. The first-order chi connectivity index (χ1) is 8.20. The van der Waals surface area contributed by atoms with E-state index in [9.17, 15) is 5.11 Å². The summed E-state index contributed by atoms with van der Waals surface area (Å²) in [6, 6.07) is 8.64. The van der Waals surface area contributed by atoms with Crippen LogP contribution in [0.5, 0.6) is 0 Å². The van der Waals surface area contributed by atoms with Crippen LogP contribution in [0, 0.1) is 5.92 Å². The number of rotatable bonds is 5. The molecule has 0 heterocycles. The molecule has 0 bridgehead atoms. The Labute approximate surface area is 105 Å². The third-order valence-electron chi connectivity index (χ3n) is 4.22. The Bertz CT molecular complexity index is 337. The molecule has 1 heteroatoms. The lowest BCUT2D eigenvalue weighted by Gasteiger charge is -2.26. The van der Waals surface area contributed by atoms with Gasteiger partial charge < -0.3 is 5.11 Å². The Morgan fingerprint density at radius 1 is 1.24 bits per heavy atom. The molecule has 2 unspecified atom stereocenters. The van der Waals surface area contributed by atoms with E-state index in [4.69, 9.17) is 0 Å². The van der Waals surface area contributed by atoms with E-state index in [0.717, 1.165) is 24.3 Å². The minimum Gasteiger partial charge on any atom is -0.388 e. The molecule has 1 aliphatic rings. The van der Waals surface area contributed by atoms with Crippen molar-refractivity contribution in [1.29, 1.82) is 0 Å². The summed E-state index contributed by atoms with van der Waals surface area (Å²) < 4.78 is 0. The minimum absolute atomic E-state index is 0.291. The average Bonchev–Trinajstić information content (AvgIpc) is 2.27. The van der Waals surface area contributed by atoms with Crippen LogP contribution in [0.1, 0.15) is 69.1 Å². The fourth-order valence-electron chi connectivity index (χ4n) is 2.42. The molecule has 94 valence electrons. The van der Waals surface area contributed by atoms with Gasteiger partial charge in [0.15, 0.2) is 0 Å². The molecule has 17 heavy (non-hydrogen) atoms. The first-order valence-corrected chi connectivity index (χ1v) is 6.98. The topological polar surface area (TPSA) is 20.2 Å². The second kappa shape index (κ2) is 5.68. The third-order valence-corrected chi connectivity index (χ3v) is 4.22. The summed E-state index contributed by atoms with van der Waals surface area (Å²) in [5, 5.41) is 10.1. The van der Waals surface area contributed by atoms with E-state index in [2.05, 4.69) is 38.1 Å². The van der Waals surface area contributed by atoms with E-state index in [-0.39, 0.29) is 6.10 Å². The van der Waals surface area contributed by atoms with Gasteiger partial charge in [-0.1, -0.05) is 51.0 Å². The van der Waals surface area contributed by atoms with Crippen LogP contribution >= 0.6 is 0 Å². The van der Waals surface area contributed by atoms with E-state index < -0.39 is 0 Å². The second-order valence-electron chi connectivity index (χ2n) is 5.56. The molecule has 0 aliphatic heterocycles. The summed E-state index contributed by atoms with van der Waals surface area (Å²) in [5.74, 6) is 1.38. The molecule has 1 N–H and O–H groups in total. The van der Waals surface area contributed by atoms with Crippen LogP contribution in [0.25, 0.3) is 0 Å². The number of aliphatic hydroxyl groups excluding tert-OH is 1. The summed E-state index contributed by atoms with van der Waals surface area (Å²) in [6.07, 6.45) is 5.78. The molecule has 1 fully saturated rings. The summed E-state index contributed by atoms with van der Waals surface area (Å²) in [5.41, 5.74) is 2.53. The van der Waals surface area contributed by atoms with E-state index >= 15 is 0 Å². The molecule has 0 aromatic heterocycles. The van der Waals surface area contributed by atoms with Gasteiger partial charge in [-0.2, -0.15) is 0 Å². The van der Waals surface area contributed by atoms with Crippen molar-refractivity contribution in [2.45, 2.75) is 58.0 Å². The van der Waals surface area contributed by atoms with E-state index in [1.807, 2.05) is 0 Å². The van der Waals surface area contributed by atoms with Gasteiger partial charge in [-0.15, -0.1) is 0 Å². The monoisotopic (exact) mass is 232 g/mol. The van der Waals surface area contributed by atoms with Gasteiger partial charge in [0, 0.05) is 0 Å². The van der Waals surface area contributed by atoms with Crippen molar-refractivity contribution in [3.8, 4) is 0 Å². The molecule has 0 radical (unpaired) electrons. The summed E-state index contributed by atoms with van der Waals surface area (Å²) in [6.45, 7) is 4.38. The number of hydrogen-bond donors (Lipinski definition) is 1. The van der Waals surface area contributed by atoms with Gasteiger partial charge >= 0.3 is 0 Å². The number of aliphatic hydroxyl groups is 1. The molecule has 1 saturated carbocycles. The predicted molar refractivity (Wildman–Crippen MR) is 72.1 cm³/mol. The van der Waals surface area contributed by atoms with Crippen LogP contribution in [0.2, 0.25) is 0 Å². The molecule has 1 aliphatic carbocycles. The number of hydrogen-bond acceptors (Lipinski definition) is 1. The van der Waals surface area contributed by atoms with Crippen molar-refractivity contribution in [3.05, 3.63) is 35.4 Å². The molecule has 0 spiro atoms. The van der Waals surface area contributed by atoms with Crippen LogP contribution in [0.15, 0.2) is 24.3 Å². The Kier molecular flexibility index (Phi) is 4.22. The Balaban J connectivity index is 1.96. The molecule has 1 aromatic rings. The standard InChI is InChI=1S/C16H24O/c1-3-12(2)11-16(17)15-9-7-14(8-10-15)13-5-4-6-13/h7-10,12-13,16-17H,3-6,11H2,1-2H3. The second-order valence-corrected chi connectivity index (χ2v) is 5.56. The molecule has 1 aromatic carbocycles. The van der Waals surface area contributed by atoms with Crippen LogP contribution in [0.4, 0.5) is 0 Å². The Hall–Kier alpha value is -0.820. The highest BCUT2D eigenvalue weighted by Gasteiger charge is 2.19. The van der Waals surface area contributed by atoms with Crippen LogP contribution < -0.4 is 0 Å². The van der Waals surface area contributed by atoms with Gasteiger partial charge in [0.2, 0.25) is 0 Å². The highest BCUT2D eigenvalue weighted by atomic mass is 16.3. The zero-order chi connectivity index (χ0) is 12.3. The SMILES string of the molecule is CCC(C)CC(O)c1ccc(C2CCC2)cc1. The van der Waals surface area contributed by atoms with Crippen molar-refractivity contribution in [3.63, 3.8) is 0 Å². The zero-order valence-corrected chi connectivity index (χ0v) is 11.0. The Morgan fingerprint density at radius 3 is 2.35 bits per heavy atom. The van der Waals surface area contributed by atoms with Crippen molar-refractivity contribution < 1.29 is 5.11 Å². The molecule has 0 amide bonds. The largest absolute Gasteiger partial charge is 0.388 e.